The highest BCUT2D eigenvalue weighted by molar-refractivity contribution is 7.10. The molecule has 2 aromatic rings. The maximum Gasteiger partial charge on any atom is 0.308 e. The van der Waals surface area contributed by atoms with Crippen molar-refractivity contribution >= 4 is 46.4 Å². The molecule has 0 aliphatic heterocycles. The van der Waals surface area contributed by atoms with Gasteiger partial charge in [-0.25, -0.2) is 9.97 Å². The van der Waals surface area contributed by atoms with Crippen molar-refractivity contribution < 1.29 is 28.7 Å². The van der Waals surface area contributed by atoms with Crippen LogP contribution in [0.2, 0.25) is 0 Å². The summed E-state index contributed by atoms with van der Waals surface area (Å²) in [5.41, 5.74) is 0.503. The first-order valence-corrected chi connectivity index (χ1v) is 16.8. The Bertz CT molecular complexity index is 1320. The van der Waals surface area contributed by atoms with Crippen LogP contribution in [0.4, 0.5) is 0 Å². The molecule has 4 rings (SSSR count). The molecule has 2 aliphatic rings. The van der Waals surface area contributed by atoms with Crippen LogP contribution in [-0.2, 0) is 23.9 Å². The Labute approximate surface area is 262 Å². The zero-order valence-corrected chi connectivity index (χ0v) is 27.8. The van der Waals surface area contributed by atoms with E-state index in [0.717, 1.165) is 23.5 Å². The lowest BCUT2D eigenvalue weighted by atomic mass is 9.82. The summed E-state index contributed by atoms with van der Waals surface area (Å²) in [5, 5.41) is 8.25. The average molecular weight is 633 g/mol. The third kappa shape index (κ3) is 8.00. The number of amides is 2. The van der Waals surface area contributed by atoms with E-state index in [-0.39, 0.29) is 41.4 Å². The molecular weight excluding hydrogens is 588 g/mol. The fourth-order valence-electron chi connectivity index (χ4n) is 6.01. The summed E-state index contributed by atoms with van der Waals surface area (Å²) in [6.45, 7) is 9.18. The van der Waals surface area contributed by atoms with Gasteiger partial charge in [-0.15, -0.1) is 22.7 Å². The summed E-state index contributed by atoms with van der Waals surface area (Å²) < 4.78 is 10.7. The molecule has 236 valence electrons. The summed E-state index contributed by atoms with van der Waals surface area (Å²) in [7, 11) is 3.18. The van der Waals surface area contributed by atoms with Gasteiger partial charge in [-0.05, 0) is 44.4 Å². The first-order valence-electron chi connectivity index (χ1n) is 15.0. The third-order valence-corrected chi connectivity index (χ3v) is 10.8. The van der Waals surface area contributed by atoms with Crippen LogP contribution in [0.1, 0.15) is 111 Å². The number of esters is 2. The van der Waals surface area contributed by atoms with E-state index in [9.17, 15) is 19.2 Å². The fourth-order valence-corrected chi connectivity index (χ4v) is 7.86. The molecule has 12 heteroatoms. The highest BCUT2D eigenvalue weighted by Gasteiger charge is 2.58. The number of hydrogen-bond acceptors (Lipinski definition) is 10. The van der Waals surface area contributed by atoms with Gasteiger partial charge in [0.2, 0.25) is 5.91 Å². The van der Waals surface area contributed by atoms with Gasteiger partial charge >= 0.3 is 11.9 Å². The Morgan fingerprint density at radius 2 is 1.86 bits per heavy atom. The first-order chi connectivity index (χ1) is 20.3. The van der Waals surface area contributed by atoms with E-state index < -0.39 is 23.5 Å². The molecule has 2 unspecified atom stereocenters. The van der Waals surface area contributed by atoms with Crippen LogP contribution in [0.25, 0.3) is 0 Å². The maximum atomic E-state index is 13.6. The van der Waals surface area contributed by atoms with Gasteiger partial charge in [0.25, 0.3) is 5.91 Å². The smallest absolute Gasteiger partial charge is 0.308 e. The zero-order chi connectivity index (χ0) is 31.5. The van der Waals surface area contributed by atoms with Crippen LogP contribution in [0, 0.1) is 24.7 Å². The number of aromatic nitrogens is 2. The van der Waals surface area contributed by atoms with Gasteiger partial charge in [0.15, 0.2) is 6.10 Å². The van der Waals surface area contributed by atoms with Gasteiger partial charge in [0.05, 0.1) is 23.6 Å². The summed E-state index contributed by atoms with van der Waals surface area (Å²) in [6.07, 6.45) is 4.67. The molecule has 2 amide bonds. The molecule has 2 saturated carbocycles. The topological polar surface area (TPSA) is 128 Å². The van der Waals surface area contributed by atoms with Gasteiger partial charge in [-0.3, -0.25) is 19.2 Å². The summed E-state index contributed by atoms with van der Waals surface area (Å²) in [6, 6.07) is -0.171. The number of methoxy groups -OCH3 is 1. The van der Waals surface area contributed by atoms with Gasteiger partial charge < -0.3 is 19.7 Å². The molecule has 0 spiro atoms. The number of nitrogens with one attached hydrogen (secondary N) is 1. The second kappa shape index (κ2) is 13.8. The van der Waals surface area contributed by atoms with Crippen LogP contribution in [-0.4, -0.2) is 64.4 Å². The minimum atomic E-state index is -0.698. The third-order valence-electron chi connectivity index (χ3n) is 8.79. The van der Waals surface area contributed by atoms with E-state index in [1.165, 1.54) is 31.8 Å². The summed E-state index contributed by atoms with van der Waals surface area (Å²) in [4.78, 5) is 62.0. The Balaban J connectivity index is 1.50. The van der Waals surface area contributed by atoms with Crippen molar-refractivity contribution in [2.45, 2.75) is 103 Å². The molecule has 5 atom stereocenters. The Hall–Kier alpha value is -2.86. The lowest BCUT2D eigenvalue weighted by Crippen LogP contribution is -2.42. The first kappa shape index (κ1) is 33.0. The van der Waals surface area contributed by atoms with Crippen molar-refractivity contribution in [2.24, 2.45) is 17.8 Å². The van der Waals surface area contributed by atoms with Gasteiger partial charge in [-0.2, -0.15) is 0 Å². The van der Waals surface area contributed by atoms with Crippen LogP contribution < -0.4 is 5.32 Å². The summed E-state index contributed by atoms with van der Waals surface area (Å²) >= 11 is 2.81. The molecule has 0 saturated heterocycles. The molecule has 2 aromatic heterocycles. The van der Waals surface area contributed by atoms with Crippen molar-refractivity contribution in [2.75, 3.05) is 14.2 Å². The van der Waals surface area contributed by atoms with Crippen LogP contribution in [0.5, 0.6) is 0 Å². The van der Waals surface area contributed by atoms with Crippen LogP contribution in [0.3, 0.4) is 0 Å². The number of carbonyl (C=O) groups excluding carboxylic acids is 4. The summed E-state index contributed by atoms with van der Waals surface area (Å²) in [5.74, 6) is -0.874. The Morgan fingerprint density at radius 1 is 1.14 bits per heavy atom. The SMILES string of the molecule is COC(=O)[C@@H](C)CC1(NC(=O)c2csc([C@@H](C[C@H](C(C)C)N(C)C(=O)CC3CCC3)OC(C)=O)n2)CC1c1nc(C)cs1. The lowest BCUT2D eigenvalue weighted by molar-refractivity contribution is -0.148. The van der Waals surface area contributed by atoms with Gasteiger partial charge in [-0.1, -0.05) is 27.2 Å². The number of nitrogens with zero attached hydrogens (tertiary/aromatic N) is 3. The van der Waals surface area contributed by atoms with Crippen molar-refractivity contribution in [3.05, 3.63) is 32.2 Å². The van der Waals surface area contributed by atoms with Gasteiger partial charge in [0, 0.05) is 55.2 Å². The Morgan fingerprint density at radius 3 is 2.42 bits per heavy atom. The molecule has 2 fully saturated rings. The normalized spacial score (nSPS) is 21.8. The predicted molar refractivity (Wildman–Crippen MR) is 165 cm³/mol. The second-order valence-electron chi connectivity index (χ2n) is 12.5. The van der Waals surface area contributed by atoms with Crippen LogP contribution in [0.15, 0.2) is 10.8 Å². The standard InChI is InChI=1S/C31H44N4O6S2/c1-17(2)24(35(6)26(37)11-21-9-8-10-21)12-25(41-20(5)36)29-33-23(16-43-29)27(38)34-31(13-18(3)30(39)40-7)14-22(31)28-32-19(4)15-42-28/h15-18,21-22,24-25H,8-14H2,1-7H3,(H,34,38)/t18-,22?,24+,25+,31?/m0/s1. The average Bonchev–Trinajstić information content (AvgIpc) is 3.24. The number of carbonyl (C=O) groups is 4. The van der Waals surface area contributed by atoms with Gasteiger partial charge in [0.1, 0.15) is 10.7 Å². The second-order valence-corrected chi connectivity index (χ2v) is 14.3. The molecule has 2 heterocycles. The fraction of sp³-hybridized carbons (Fsp3) is 0.677. The quantitative estimate of drug-likeness (QED) is 0.273. The molecule has 0 bridgehead atoms. The minimum Gasteiger partial charge on any atom is -0.469 e. The van der Waals surface area contributed by atoms with Crippen molar-refractivity contribution in [3.8, 4) is 0 Å². The number of thiazole rings is 2. The molecule has 10 nitrogen and oxygen atoms in total. The highest BCUT2D eigenvalue weighted by atomic mass is 32.1. The van der Waals surface area contributed by atoms with E-state index in [1.54, 1.807) is 28.5 Å². The lowest BCUT2D eigenvalue weighted by Gasteiger charge is -2.35. The Kier molecular flexibility index (Phi) is 10.6. The maximum absolute atomic E-state index is 13.6. The largest absolute Gasteiger partial charge is 0.469 e. The van der Waals surface area contributed by atoms with Crippen LogP contribution >= 0.6 is 22.7 Å². The number of aryl methyl sites for hydroxylation is 1. The van der Waals surface area contributed by atoms with Crippen molar-refractivity contribution in [3.63, 3.8) is 0 Å². The molecule has 1 N–H and O–H groups in total. The predicted octanol–water partition coefficient (Wildman–Crippen LogP) is 5.43. The number of hydrogen-bond donors (Lipinski definition) is 1. The minimum absolute atomic E-state index is 0.00559. The molecule has 43 heavy (non-hydrogen) atoms. The molecule has 0 radical (unpaired) electrons. The van der Waals surface area contributed by atoms with E-state index in [2.05, 4.69) is 15.3 Å². The highest BCUT2D eigenvalue weighted by Crippen LogP contribution is 2.55. The number of ether oxygens (including phenoxy) is 2. The molecule has 0 aromatic carbocycles. The number of rotatable bonds is 14. The zero-order valence-electron chi connectivity index (χ0n) is 26.2. The van der Waals surface area contributed by atoms with Crippen molar-refractivity contribution in [1.29, 1.82) is 0 Å². The molecule has 2 aliphatic carbocycles. The van der Waals surface area contributed by atoms with Crippen molar-refractivity contribution in [1.82, 2.24) is 20.2 Å². The van der Waals surface area contributed by atoms with E-state index >= 15 is 0 Å². The van der Waals surface area contributed by atoms with E-state index in [4.69, 9.17) is 9.47 Å². The van der Waals surface area contributed by atoms with E-state index in [0.29, 0.717) is 36.6 Å². The van der Waals surface area contributed by atoms with E-state index in [1.807, 2.05) is 33.2 Å². The molecular formula is C31H44N4O6S2. The monoisotopic (exact) mass is 632 g/mol.